The number of sulfonamides is 1. The molecule has 0 aliphatic carbocycles. The van der Waals surface area contributed by atoms with Crippen LogP contribution in [0.1, 0.15) is 44.5 Å². The van der Waals surface area contributed by atoms with Gasteiger partial charge in [-0.1, -0.05) is 6.92 Å². The van der Waals surface area contributed by atoms with Crippen molar-refractivity contribution in [2.75, 3.05) is 6.61 Å². The van der Waals surface area contributed by atoms with Crippen molar-refractivity contribution in [3.63, 3.8) is 0 Å². The Labute approximate surface area is 142 Å². The quantitative estimate of drug-likeness (QED) is 0.687. The third kappa shape index (κ3) is 6.29. The molecule has 1 rings (SSSR count). The second-order valence-electron chi connectivity index (χ2n) is 5.75. The Morgan fingerprint density at radius 3 is 2.21 bits per heavy atom. The highest BCUT2D eigenvalue weighted by Crippen LogP contribution is 2.12. The summed E-state index contributed by atoms with van der Waals surface area (Å²) in [7, 11) is -3.62. The highest BCUT2D eigenvalue weighted by Gasteiger charge is 2.17. The third-order valence-electron chi connectivity index (χ3n) is 3.15. The molecule has 0 saturated carbocycles. The van der Waals surface area contributed by atoms with E-state index in [4.69, 9.17) is 4.74 Å². The normalized spacial score (nSPS) is 12.7. The molecule has 0 saturated heterocycles. The van der Waals surface area contributed by atoms with Crippen molar-refractivity contribution in [1.82, 2.24) is 10.0 Å². The van der Waals surface area contributed by atoms with Crippen LogP contribution in [-0.2, 0) is 19.6 Å². The van der Waals surface area contributed by atoms with E-state index in [2.05, 4.69) is 10.0 Å². The Morgan fingerprint density at radius 1 is 1.12 bits per heavy atom. The van der Waals surface area contributed by atoms with Crippen LogP contribution >= 0.6 is 0 Å². The van der Waals surface area contributed by atoms with E-state index < -0.39 is 21.9 Å². The van der Waals surface area contributed by atoms with Gasteiger partial charge in [-0.2, -0.15) is 0 Å². The molecule has 0 bridgehead atoms. The number of nitrogens with one attached hydrogen (secondary N) is 2. The Hall–Kier alpha value is -1.93. The number of hydrogen-bond acceptors (Lipinski definition) is 5. The van der Waals surface area contributed by atoms with Gasteiger partial charge >= 0.3 is 5.97 Å². The van der Waals surface area contributed by atoms with Crippen LogP contribution in [0, 0.1) is 0 Å². The molecule has 24 heavy (non-hydrogen) atoms. The lowest BCUT2D eigenvalue weighted by Crippen LogP contribution is -2.34. The molecule has 0 fully saturated rings. The number of benzene rings is 1. The monoisotopic (exact) mass is 356 g/mol. The van der Waals surface area contributed by atoms with Gasteiger partial charge in [0.25, 0.3) is 5.91 Å². The van der Waals surface area contributed by atoms with Crippen LogP contribution in [0.25, 0.3) is 0 Å². The van der Waals surface area contributed by atoms with Crippen molar-refractivity contribution in [1.29, 1.82) is 0 Å². The SMILES string of the molecule is CC[C@H](C)NS(=O)(=O)c1ccc(C(=O)OCC(=O)NC(C)C)cc1. The summed E-state index contributed by atoms with van der Waals surface area (Å²) in [4.78, 5) is 23.3. The first-order valence-corrected chi connectivity index (χ1v) is 9.23. The van der Waals surface area contributed by atoms with E-state index in [0.717, 1.165) is 0 Å². The number of carbonyl (C=O) groups excluding carboxylic acids is 2. The summed E-state index contributed by atoms with van der Waals surface area (Å²) in [6, 6.07) is 5.14. The van der Waals surface area contributed by atoms with Gasteiger partial charge in [-0.05, 0) is 51.5 Å². The summed E-state index contributed by atoms with van der Waals surface area (Å²) < 4.78 is 31.7. The van der Waals surface area contributed by atoms with E-state index in [1.807, 2.05) is 6.92 Å². The minimum absolute atomic E-state index is 0.0429. The van der Waals surface area contributed by atoms with Crippen LogP contribution in [0.2, 0.25) is 0 Å². The second kappa shape index (κ2) is 8.79. The topological polar surface area (TPSA) is 102 Å². The zero-order valence-corrected chi connectivity index (χ0v) is 15.1. The van der Waals surface area contributed by atoms with Crippen molar-refractivity contribution in [2.45, 2.75) is 51.1 Å². The van der Waals surface area contributed by atoms with Crippen molar-refractivity contribution < 1.29 is 22.7 Å². The van der Waals surface area contributed by atoms with Crippen molar-refractivity contribution in [2.24, 2.45) is 0 Å². The molecule has 0 heterocycles. The molecule has 1 aromatic rings. The molecule has 1 atom stereocenters. The van der Waals surface area contributed by atoms with Crippen molar-refractivity contribution >= 4 is 21.9 Å². The van der Waals surface area contributed by atoms with Crippen LogP contribution in [0.4, 0.5) is 0 Å². The van der Waals surface area contributed by atoms with Crippen molar-refractivity contribution in [3.8, 4) is 0 Å². The molecule has 0 radical (unpaired) electrons. The maximum atomic E-state index is 12.1. The number of esters is 1. The van der Waals surface area contributed by atoms with Gasteiger partial charge in [-0.3, -0.25) is 4.79 Å². The van der Waals surface area contributed by atoms with E-state index in [0.29, 0.717) is 6.42 Å². The second-order valence-corrected chi connectivity index (χ2v) is 7.47. The van der Waals surface area contributed by atoms with Crippen LogP contribution in [0.15, 0.2) is 29.2 Å². The molecule has 7 nitrogen and oxygen atoms in total. The van der Waals surface area contributed by atoms with Gasteiger partial charge in [0.05, 0.1) is 10.5 Å². The molecule has 0 aromatic heterocycles. The Morgan fingerprint density at radius 2 is 1.71 bits per heavy atom. The summed E-state index contributed by atoms with van der Waals surface area (Å²) in [5.41, 5.74) is 0.176. The number of carbonyl (C=O) groups is 2. The zero-order valence-electron chi connectivity index (χ0n) is 14.3. The van der Waals surface area contributed by atoms with E-state index in [1.54, 1.807) is 20.8 Å². The molecular weight excluding hydrogens is 332 g/mol. The van der Waals surface area contributed by atoms with Gasteiger partial charge in [0.2, 0.25) is 10.0 Å². The first kappa shape index (κ1) is 20.1. The average Bonchev–Trinajstić information content (AvgIpc) is 2.51. The van der Waals surface area contributed by atoms with E-state index in [9.17, 15) is 18.0 Å². The van der Waals surface area contributed by atoms with Gasteiger partial charge in [-0.15, -0.1) is 0 Å². The largest absolute Gasteiger partial charge is 0.452 e. The van der Waals surface area contributed by atoms with Gasteiger partial charge in [0.1, 0.15) is 0 Å². The van der Waals surface area contributed by atoms with Crippen LogP contribution in [-0.4, -0.2) is 39.0 Å². The molecule has 0 aliphatic rings. The first-order chi connectivity index (χ1) is 11.2. The van der Waals surface area contributed by atoms with E-state index in [1.165, 1.54) is 24.3 Å². The van der Waals surface area contributed by atoms with Gasteiger partial charge in [-0.25, -0.2) is 17.9 Å². The standard InChI is InChI=1S/C16H24N2O5S/c1-5-12(4)18-24(21,22)14-8-6-13(7-9-14)16(20)23-10-15(19)17-11(2)3/h6-9,11-12,18H,5,10H2,1-4H3,(H,17,19)/t12-/m0/s1. The number of ether oxygens (including phenoxy) is 1. The molecule has 0 unspecified atom stereocenters. The Balaban J connectivity index is 2.70. The predicted molar refractivity (Wildman–Crippen MR) is 90.1 cm³/mol. The highest BCUT2D eigenvalue weighted by atomic mass is 32.2. The summed E-state index contributed by atoms with van der Waals surface area (Å²) in [5.74, 6) is -1.08. The molecule has 2 N–H and O–H groups in total. The minimum atomic E-state index is -3.62. The summed E-state index contributed by atoms with van der Waals surface area (Å²) in [5, 5.41) is 2.60. The molecule has 1 amide bonds. The third-order valence-corrected chi connectivity index (χ3v) is 4.76. The molecule has 0 spiro atoms. The number of amides is 1. The average molecular weight is 356 g/mol. The number of rotatable bonds is 8. The van der Waals surface area contributed by atoms with Crippen LogP contribution in [0.5, 0.6) is 0 Å². The van der Waals surface area contributed by atoms with Gasteiger partial charge in [0, 0.05) is 12.1 Å². The summed E-state index contributed by atoms with van der Waals surface area (Å²) in [6.07, 6.45) is 0.669. The number of hydrogen-bond donors (Lipinski definition) is 2. The smallest absolute Gasteiger partial charge is 0.338 e. The molecule has 8 heteroatoms. The summed E-state index contributed by atoms with van der Waals surface area (Å²) in [6.45, 7) is 6.86. The fourth-order valence-corrected chi connectivity index (χ4v) is 3.09. The van der Waals surface area contributed by atoms with Crippen LogP contribution in [0.3, 0.4) is 0 Å². The molecular formula is C16H24N2O5S. The highest BCUT2D eigenvalue weighted by molar-refractivity contribution is 7.89. The predicted octanol–water partition coefficient (Wildman–Crippen LogP) is 1.44. The van der Waals surface area contributed by atoms with E-state index in [-0.39, 0.29) is 29.1 Å². The minimum Gasteiger partial charge on any atom is -0.452 e. The molecule has 0 aliphatic heterocycles. The van der Waals surface area contributed by atoms with Gasteiger partial charge in [0.15, 0.2) is 6.61 Å². The summed E-state index contributed by atoms with van der Waals surface area (Å²) >= 11 is 0. The van der Waals surface area contributed by atoms with E-state index >= 15 is 0 Å². The first-order valence-electron chi connectivity index (χ1n) is 7.74. The molecule has 134 valence electrons. The van der Waals surface area contributed by atoms with Crippen molar-refractivity contribution in [3.05, 3.63) is 29.8 Å². The zero-order chi connectivity index (χ0) is 18.3. The maximum Gasteiger partial charge on any atom is 0.338 e. The maximum absolute atomic E-state index is 12.1. The van der Waals surface area contributed by atoms with Gasteiger partial charge < -0.3 is 10.1 Å². The lowest BCUT2D eigenvalue weighted by Gasteiger charge is -2.12. The lowest BCUT2D eigenvalue weighted by atomic mass is 10.2. The Bertz CT molecular complexity index is 668. The van der Waals surface area contributed by atoms with Crippen LogP contribution < -0.4 is 10.0 Å². The molecule has 1 aromatic carbocycles. The fourth-order valence-electron chi connectivity index (χ4n) is 1.76. The lowest BCUT2D eigenvalue weighted by molar-refractivity contribution is -0.124. The fraction of sp³-hybridized carbons (Fsp3) is 0.500. The Kier molecular flexibility index (Phi) is 7.37.